The fraction of sp³-hybridized carbons (Fsp3) is 0.684. The molecular weight excluding hydrogens is 484 g/mol. The van der Waals surface area contributed by atoms with Crippen molar-refractivity contribution >= 4 is 11.4 Å². The molecule has 0 atom stereocenters. The number of hydrogen-bond acceptors (Lipinski definition) is 2. The van der Waals surface area contributed by atoms with Crippen LogP contribution in [0.2, 0.25) is 0 Å². The van der Waals surface area contributed by atoms with Crippen molar-refractivity contribution in [1.29, 1.82) is 0 Å². The van der Waals surface area contributed by atoms with Gasteiger partial charge in [0.2, 0.25) is 0 Å². The predicted molar refractivity (Wildman–Crippen MR) is 181 cm³/mol. The molecule has 40 heavy (non-hydrogen) atoms. The zero-order valence-electron chi connectivity index (χ0n) is 28.5. The van der Waals surface area contributed by atoms with Crippen LogP contribution in [0.25, 0.3) is 0 Å². The average molecular weight is 549 g/mol. The molecule has 0 aliphatic rings. The lowest BCUT2D eigenvalue weighted by molar-refractivity contribution is 0.432. The fourth-order valence-electron chi connectivity index (χ4n) is 6.26. The molecule has 0 aliphatic carbocycles. The van der Waals surface area contributed by atoms with Gasteiger partial charge in [-0.15, -0.1) is 0 Å². The fourth-order valence-corrected chi connectivity index (χ4v) is 6.26. The van der Waals surface area contributed by atoms with Gasteiger partial charge in [0.1, 0.15) is 0 Å². The van der Waals surface area contributed by atoms with Crippen LogP contribution in [0.15, 0.2) is 24.3 Å². The third-order valence-electron chi connectivity index (χ3n) is 9.31. The predicted octanol–water partition coefficient (Wildman–Crippen LogP) is 11.2. The van der Waals surface area contributed by atoms with Gasteiger partial charge in [-0.1, -0.05) is 133 Å². The maximum Gasteiger partial charge on any atom is 0.0436 e. The number of aryl methyl sites for hydroxylation is 2. The van der Waals surface area contributed by atoms with Crippen LogP contribution >= 0.6 is 0 Å². The monoisotopic (exact) mass is 549 g/mol. The van der Waals surface area contributed by atoms with Gasteiger partial charge in [0, 0.05) is 24.5 Å². The maximum atomic E-state index is 6.62. The highest BCUT2D eigenvalue weighted by Crippen LogP contribution is 2.39. The molecule has 0 saturated heterocycles. The number of hydrogen-bond donors (Lipinski definition) is 1. The third kappa shape index (κ3) is 8.77. The van der Waals surface area contributed by atoms with Crippen LogP contribution in [-0.2, 0) is 12.8 Å². The quantitative estimate of drug-likeness (QED) is 0.211. The van der Waals surface area contributed by atoms with Crippen LogP contribution < -0.4 is 10.6 Å². The SMILES string of the molecule is CCC(CC)CN(CC(CC)CC)c1c(C(C)C)cc(CCc2cc(C(C)C)c(N)c(C(C)C)c2)cc1C(C)C. The Bertz CT molecular complexity index is 965. The highest BCUT2D eigenvalue weighted by Gasteiger charge is 2.24. The van der Waals surface area contributed by atoms with Crippen molar-refractivity contribution in [2.45, 2.75) is 145 Å². The summed E-state index contributed by atoms with van der Waals surface area (Å²) in [6.07, 6.45) is 7.12. The molecule has 0 aromatic heterocycles. The molecule has 2 rings (SSSR count). The Hall–Kier alpha value is -1.96. The van der Waals surface area contributed by atoms with E-state index in [1.54, 1.807) is 16.8 Å². The van der Waals surface area contributed by atoms with E-state index in [4.69, 9.17) is 5.73 Å². The molecule has 2 aromatic carbocycles. The molecule has 0 amide bonds. The topological polar surface area (TPSA) is 29.3 Å². The highest BCUT2D eigenvalue weighted by atomic mass is 15.1. The molecule has 2 N–H and O–H groups in total. The highest BCUT2D eigenvalue weighted by molar-refractivity contribution is 5.64. The van der Waals surface area contributed by atoms with Gasteiger partial charge in [-0.25, -0.2) is 0 Å². The van der Waals surface area contributed by atoms with Gasteiger partial charge in [0.15, 0.2) is 0 Å². The van der Waals surface area contributed by atoms with E-state index in [1.165, 1.54) is 61.0 Å². The Balaban J connectivity index is 2.58. The second-order valence-corrected chi connectivity index (χ2v) is 13.7. The second kappa shape index (κ2) is 15.9. The van der Waals surface area contributed by atoms with Crippen LogP contribution in [0.1, 0.15) is 166 Å². The molecule has 0 radical (unpaired) electrons. The van der Waals surface area contributed by atoms with E-state index in [0.29, 0.717) is 23.7 Å². The van der Waals surface area contributed by atoms with E-state index >= 15 is 0 Å². The normalized spacial score (nSPS) is 12.2. The first-order valence-corrected chi connectivity index (χ1v) is 16.7. The number of benzene rings is 2. The van der Waals surface area contributed by atoms with Crippen LogP contribution in [0.3, 0.4) is 0 Å². The van der Waals surface area contributed by atoms with Crippen molar-refractivity contribution in [3.05, 3.63) is 57.6 Å². The first kappa shape index (κ1) is 34.2. The minimum Gasteiger partial charge on any atom is -0.398 e. The van der Waals surface area contributed by atoms with Gasteiger partial charge in [-0.2, -0.15) is 0 Å². The lowest BCUT2D eigenvalue weighted by Crippen LogP contribution is -2.35. The van der Waals surface area contributed by atoms with Crippen molar-refractivity contribution in [3.8, 4) is 0 Å². The van der Waals surface area contributed by atoms with Crippen molar-refractivity contribution in [1.82, 2.24) is 0 Å². The molecule has 0 heterocycles. The summed E-state index contributed by atoms with van der Waals surface area (Å²) in [5, 5.41) is 0. The second-order valence-electron chi connectivity index (χ2n) is 13.7. The van der Waals surface area contributed by atoms with Gasteiger partial charge in [0.25, 0.3) is 0 Å². The molecule has 0 unspecified atom stereocenters. The Kier molecular flexibility index (Phi) is 13.6. The lowest BCUT2D eigenvalue weighted by Gasteiger charge is -2.37. The molecule has 2 aromatic rings. The molecule has 0 spiro atoms. The third-order valence-corrected chi connectivity index (χ3v) is 9.31. The molecular formula is C38H64N2. The van der Waals surface area contributed by atoms with E-state index in [2.05, 4.69) is 112 Å². The molecule has 2 nitrogen and oxygen atoms in total. The molecule has 0 saturated carbocycles. The minimum atomic E-state index is 0.438. The maximum absolute atomic E-state index is 6.62. The van der Waals surface area contributed by atoms with Gasteiger partial charge in [-0.05, 0) is 81.7 Å². The number of nitrogens with zero attached hydrogens (tertiary/aromatic N) is 1. The number of nitrogen functional groups attached to an aromatic ring is 1. The Morgan fingerprint density at radius 3 is 1.10 bits per heavy atom. The molecule has 226 valence electrons. The zero-order chi connectivity index (χ0) is 30.1. The Labute approximate surface area is 249 Å². The summed E-state index contributed by atoms with van der Waals surface area (Å²) < 4.78 is 0. The van der Waals surface area contributed by atoms with E-state index in [-0.39, 0.29) is 0 Å². The summed E-state index contributed by atoms with van der Waals surface area (Å²) in [6, 6.07) is 9.87. The van der Waals surface area contributed by atoms with Gasteiger partial charge < -0.3 is 10.6 Å². The van der Waals surface area contributed by atoms with Gasteiger partial charge in [0.05, 0.1) is 0 Å². The zero-order valence-corrected chi connectivity index (χ0v) is 28.5. The standard InChI is InChI=1S/C38H64N2/c1-13-29(14-2)23-40(24-30(15-3)16-4)38-35(27(9)10)21-32(22-36(38)28(11)12)18-17-31-19-33(25(5)6)37(39)34(20-31)26(7)8/h19-22,25-30H,13-18,23-24,39H2,1-12H3. The summed E-state index contributed by atoms with van der Waals surface area (Å²) in [6.45, 7) is 30.4. The van der Waals surface area contributed by atoms with E-state index in [9.17, 15) is 0 Å². The summed E-state index contributed by atoms with van der Waals surface area (Å²) >= 11 is 0. The van der Waals surface area contributed by atoms with E-state index in [1.807, 2.05) is 0 Å². The van der Waals surface area contributed by atoms with Crippen molar-refractivity contribution in [2.75, 3.05) is 23.7 Å². The Morgan fingerprint density at radius 1 is 0.525 bits per heavy atom. The smallest absolute Gasteiger partial charge is 0.0436 e. The van der Waals surface area contributed by atoms with Gasteiger partial charge >= 0.3 is 0 Å². The summed E-state index contributed by atoms with van der Waals surface area (Å²) in [4.78, 5) is 2.81. The average Bonchev–Trinajstić information content (AvgIpc) is 2.91. The molecule has 0 aliphatic heterocycles. The van der Waals surface area contributed by atoms with Crippen molar-refractivity contribution in [2.24, 2.45) is 11.8 Å². The lowest BCUT2D eigenvalue weighted by atomic mass is 9.86. The van der Waals surface area contributed by atoms with Crippen molar-refractivity contribution < 1.29 is 0 Å². The largest absolute Gasteiger partial charge is 0.398 e. The van der Waals surface area contributed by atoms with E-state index < -0.39 is 0 Å². The minimum absolute atomic E-state index is 0.438. The Morgan fingerprint density at radius 2 is 0.825 bits per heavy atom. The van der Waals surface area contributed by atoms with E-state index in [0.717, 1.165) is 30.4 Å². The molecule has 0 fully saturated rings. The van der Waals surface area contributed by atoms with Crippen LogP contribution in [0, 0.1) is 11.8 Å². The van der Waals surface area contributed by atoms with Crippen molar-refractivity contribution in [3.63, 3.8) is 0 Å². The number of rotatable bonds is 16. The first-order chi connectivity index (χ1) is 18.9. The van der Waals surface area contributed by atoms with Crippen LogP contribution in [0.5, 0.6) is 0 Å². The molecule has 2 heteroatoms. The van der Waals surface area contributed by atoms with Gasteiger partial charge in [-0.3, -0.25) is 0 Å². The number of anilines is 2. The van der Waals surface area contributed by atoms with Crippen LogP contribution in [-0.4, -0.2) is 13.1 Å². The first-order valence-electron chi connectivity index (χ1n) is 16.7. The summed E-state index contributed by atoms with van der Waals surface area (Å²) in [5.74, 6) is 3.35. The van der Waals surface area contributed by atoms with Crippen LogP contribution in [0.4, 0.5) is 11.4 Å². The molecule has 0 bridgehead atoms. The number of nitrogens with two attached hydrogens (primary N) is 1. The summed E-state index contributed by atoms with van der Waals surface area (Å²) in [5.41, 5.74) is 17.8. The summed E-state index contributed by atoms with van der Waals surface area (Å²) in [7, 11) is 0.